The Hall–Kier alpha value is -5.46. The summed E-state index contributed by atoms with van der Waals surface area (Å²) < 4.78 is 34.1. The van der Waals surface area contributed by atoms with E-state index in [1.807, 2.05) is 31.2 Å². The number of carbonyl (C=O) groups excluding carboxylic acids is 3. The van der Waals surface area contributed by atoms with Crippen LogP contribution in [-0.2, 0) is 32.7 Å². The minimum absolute atomic E-state index is 0.00270. The van der Waals surface area contributed by atoms with E-state index < -0.39 is 6.04 Å². The van der Waals surface area contributed by atoms with Crippen molar-refractivity contribution < 1.29 is 38.1 Å². The van der Waals surface area contributed by atoms with Crippen LogP contribution in [0.5, 0.6) is 17.2 Å². The van der Waals surface area contributed by atoms with Crippen molar-refractivity contribution in [1.29, 1.82) is 0 Å². The predicted molar refractivity (Wildman–Crippen MR) is 241 cm³/mol. The quantitative estimate of drug-likeness (QED) is 0.195. The van der Waals surface area contributed by atoms with E-state index >= 15 is 4.39 Å². The molecule has 4 aromatic carbocycles. The number of carbonyl (C=O) groups is 3. The summed E-state index contributed by atoms with van der Waals surface area (Å²) in [7, 11) is 3.82. The number of likely N-dealkylation sites (tertiary alicyclic amines) is 1. The molecule has 1 aliphatic carbocycles. The molecular formula is C52H59FN4O7. The summed E-state index contributed by atoms with van der Waals surface area (Å²) >= 11 is 0. The van der Waals surface area contributed by atoms with Gasteiger partial charge in [0.2, 0.25) is 11.8 Å². The molecule has 3 amide bonds. The maximum absolute atomic E-state index is 15.9. The van der Waals surface area contributed by atoms with Gasteiger partial charge in [-0.05, 0) is 131 Å². The zero-order valence-electron chi connectivity index (χ0n) is 37.2. The average molecular weight is 871 g/mol. The van der Waals surface area contributed by atoms with Crippen molar-refractivity contribution in [3.8, 4) is 17.2 Å². The number of rotatable bonds is 5. The average Bonchev–Trinajstić information content (AvgIpc) is 4.01. The molecule has 11 rings (SSSR count). The Morgan fingerprint density at radius 2 is 1.67 bits per heavy atom. The third-order valence-electron chi connectivity index (χ3n) is 15.6. The summed E-state index contributed by atoms with van der Waals surface area (Å²) in [6.07, 6.45) is 8.66. The predicted octanol–water partition coefficient (Wildman–Crippen LogP) is 7.66. The van der Waals surface area contributed by atoms with Crippen LogP contribution in [0.15, 0.2) is 66.7 Å². The third-order valence-corrected chi connectivity index (χ3v) is 15.6. The number of aryl methyl sites for hydroxylation is 2. The van der Waals surface area contributed by atoms with Gasteiger partial charge >= 0.3 is 0 Å². The van der Waals surface area contributed by atoms with E-state index in [4.69, 9.17) is 14.2 Å². The third kappa shape index (κ3) is 7.50. The summed E-state index contributed by atoms with van der Waals surface area (Å²) in [6, 6.07) is 21.2. The number of halogens is 1. The molecule has 336 valence electrons. The van der Waals surface area contributed by atoms with Crippen LogP contribution in [-0.4, -0.2) is 97.8 Å². The first-order chi connectivity index (χ1) is 31.0. The van der Waals surface area contributed by atoms with Gasteiger partial charge in [-0.3, -0.25) is 19.7 Å². The first kappa shape index (κ1) is 42.5. The van der Waals surface area contributed by atoms with E-state index in [-0.39, 0.29) is 58.6 Å². The van der Waals surface area contributed by atoms with Gasteiger partial charge in [0.15, 0.2) is 0 Å². The largest absolute Gasteiger partial charge is 0.508 e. The SMILES string of the molecule is COc1cc(N2CCC3(CCCO3)CC2)c(F)cc1C1c2ccc(O)cc2CCC1c1ccccc1.Cc1cc2c(c3c1C(=O)N([C@H]1CCC(=O)NC1=O)C3)OCC21CCN(C)CC1. The highest BCUT2D eigenvalue weighted by Gasteiger charge is 2.48. The molecule has 7 aliphatic rings. The molecule has 2 N–H and O–H groups in total. The molecular weight excluding hydrogens is 812 g/mol. The zero-order valence-corrected chi connectivity index (χ0v) is 37.2. The standard InChI is InChI=1S/C31H34FNO3.C21H25N3O4/c1-35-29-20-28(33-15-13-31(14-16-33)12-5-17-36-31)27(32)19-26(29)30-24(21-6-3-2-4-7-21)10-8-22-18-23(34)9-11-25(22)30;1-12-9-14-18(28-11-21(14)5-7-23(2)8-6-21)13-10-24(20(27)17(12)13)15-3-4-16(25)22-19(15)26/h2-4,6-7,9,11,18-20,24,30,34H,5,8,10,12-17H2,1H3;9,15H,3-8,10-11H2,1-2H3,(H,22,25,26)/t;15-/m.0/s1. The molecule has 0 saturated carbocycles. The van der Waals surface area contributed by atoms with Gasteiger partial charge < -0.3 is 34.0 Å². The van der Waals surface area contributed by atoms with E-state index in [0.717, 1.165) is 123 Å². The Labute approximate surface area is 374 Å². The Kier molecular flexibility index (Phi) is 11.2. The number of hydrogen-bond donors (Lipinski definition) is 2. The van der Waals surface area contributed by atoms with Crippen molar-refractivity contribution in [3.63, 3.8) is 0 Å². The van der Waals surface area contributed by atoms with Gasteiger partial charge in [0, 0.05) is 60.2 Å². The lowest BCUT2D eigenvalue weighted by Crippen LogP contribution is -2.52. The summed E-state index contributed by atoms with van der Waals surface area (Å²) in [5, 5.41) is 12.5. The van der Waals surface area contributed by atoms with Crippen molar-refractivity contribution >= 4 is 23.4 Å². The van der Waals surface area contributed by atoms with E-state index in [9.17, 15) is 19.5 Å². The van der Waals surface area contributed by atoms with Gasteiger partial charge in [-0.15, -0.1) is 0 Å². The second-order valence-electron chi connectivity index (χ2n) is 19.3. The topological polar surface area (TPSA) is 121 Å². The van der Waals surface area contributed by atoms with Crippen LogP contribution in [0, 0.1) is 12.7 Å². The number of aromatic hydroxyl groups is 1. The molecule has 0 bridgehead atoms. The lowest BCUT2D eigenvalue weighted by Gasteiger charge is -2.40. The van der Waals surface area contributed by atoms with Gasteiger partial charge in [-0.1, -0.05) is 42.5 Å². The van der Waals surface area contributed by atoms with Crippen molar-refractivity contribution in [3.05, 3.63) is 117 Å². The molecule has 6 heterocycles. The van der Waals surface area contributed by atoms with Crippen molar-refractivity contribution in [2.24, 2.45) is 0 Å². The highest BCUT2D eigenvalue weighted by atomic mass is 19.1. The molecule has 4 fully saturated rings. The number of phenols is 1. The van der Waals surface area contributed by atoms with Gasteiger partial charge in [0.05, 0.1) is 37.1 Å². The van der Waals surface area contributed by atoms with Crippen molar-refractivity contribution in [2.75, 3.05) is 58.5 Å². The highest BCUT2D eigenvalue weighted by Crippen LogP contribution is 2.52. The van der Waals surface area contributed by atoms with Crippen LogP contribution in [0.3, 0.4) is 0 Å². The minimum atomic E-state index is -0.591. The Balaban J connectivity index is 0.000000156. The fourth-order valence-electron chi connectivity index (χ4n) is 12.0. The molecule has 64 heavy (non-hydrogen) atoms. The molecule has 3 atom stereocenters. The molecule has 11 nitrogen and oxygen atoms in total. The molecule has 0 radical (unpaired) electrons. The normalized spacial score (nSPS) is 24.4. The van der Waals surface area contributed by atoms with Crippen LogP contribution in [0.25, 0.3) is 0 Å². The number of hydrogen-bond acceptors (Lipinski definition) is 9. The van der Waals surface area contributed by atoms with Crippen LogP contribution >= 0.6 is 0 Å². The second kappa shape index (κ2) is 16.8. The number of piperidine rings is 3. The van der Waals surface area contributed by atoms with Gasteiger partial charge in [-0.25, -0.2) is 4.39 Å². The van der Waals surface area contributed by atoms with E-state index in [1.54, 1.807) is 24.1 Å². The number of methoxy groups -OCH3 is 1. The molecule has 4 saturated heterocycles. The fraction of sp³-hybridized carbons (Fsp3) is 0.481. The first-order valence-corrected chi connectivity index (χ1v) is 23.2. The Morgan fingerprint density at radius 1 is 0.891 bits per heavy atom. The monoisotopic (exact) mass is 870 g/mol. The summed E-state index contributed by atoms with van der Waals surface area (Å²) in [4.78, 5) is 43.1. The molecule has 4 aromatic rings. The molecule has 2 unspecified atom stereocenters. The number of anilines is 1. The molecule has 0 aromatic heterocycles. The van der Waals surface area contributed by atoms with E-state index in [2.05, 4.69) is 52.5 Å². The Morgan fingerprint density at radius 3 is 2.39 bits per heavy atom. The van der Waals surface area contributed by atoms with Gasteiger partial charge in [0.1, 0.15) is 29.1 Å². The lowest BCUT2D eigenvalue weighted by atomic mass is 9.69. The number of nitrogens with one attached hydrogen (secondary N) is 1. The molecule has 6 aliphatic heterocycles. The molecule has 2 spiro atoms. The summed E-state index contributed by atoms with van der Waals surface area (Å²) in [5.74, 6) is 1.000. The lowest BCUT2D eigenvalue weighted by molar-refractivity contribution is -0.136. The van der Waals surface area contributed by atoms with Crippen molar-refractivity contribution in [1.82, 2.24) is 15.1 Å². The number of amides is 3. The van der Waals surface area contributed by atoms with Gasteiger partial charge in [0.25, 0.3) is 5.91 Å². The van der Waals surface area contributed by atoms with E-state index in [1.165, 1.54) is 11.1 Å². The summed E-state index contributed by atoms with van der Waals surface area (Å²) in [6.45, 7) is 7.53. The maximum Gasteiger partial charge on any atom is 0.255 e. The number of phenolic OH excluding ortho intramolecular Hbond substituents is 1. The van der Waals surface area contributed by atoms with Gasteiger partial charge in [-0.2, -0.15) is 0 Å². The summed E-state index contributed by atoms with van der Waals surface area (Å²) in [5.41, 5.74) is 8.79. The van der Waals surface area contributed by atoms with Crippen molar-refractivity contribution in [2.45, 2.75) is 107 Å². The number of nitrogens with zero attached hydrogens (tertiary/aromatic N) is 3. The highest BCUT2D eigenvalue weighted by molar-refractivity contribution is 6.06. The number of fused-ring (bicyclic) bond motifs is 5. The molecule has 12 heteroatoms. The zero-order chi connectivity index (χ0) is 44.3. The number of imide groups is 1. The smallest absolute Gasteiger partial charge is 0.255 e. The first-order valence-electron chi connectivity index (χ1n) is 23.2. The van der Waals surface area contributed by atoms with E-state index in [0.29, 0.717) is 30.8 Å². The number of benzene rings is 4. The fourth-order valence-corrected chi connectivity index (χ4v) is 12.0. The maximum atomic E-state index is 15.9. The van der Waals surface area contributed by atoms with Crippen LogP contribution in [0.4, 0.5) is 10.1 Å². The number of ether oxygens (including phenoxy) is 3. The van der Waals surface area contributed by atoms with Crippen LogP contribution in [0.1, 0.15) is 119 Å². The van der Waals surface area contributed by atoms with Crippen LogP contribution in [0.2, 0.25) is 0 Å². The van der Waals surface area contributed by atoms with Crippen LogP contribution < -0.4 is 19.7 Å². The Bertz CT molecular complexity index is 2470. The minimum Gasteiger partial charge on any atom is -0.508 e. The second-order valence-corrected chi connectivity index (χ2v) is 19.3.